The first-order chi connectivity index (χ1) is 9.06. The molecule has 2 aromatic rings. The average molecular weight is 257 g/mol. The number of aromatic carboxylic acids is 1. The second-order valence-electron chi connectivity index (χ2n) is 4.38. The van der Waals surface area contributed by atoms with Crippen LogP contribution in [0.25, 0.3) is 0 Å². The van der Waals surface area contributed by atoms with Crippen LogP contribution in [0.15, 0.2) is 36.5 Å². The van der Waals surface area contributed by atoms with Crippen molar-refractivity contribution in [2.24, 2.45) is 0 Å². The van der Waals surface area contributed by atoms with Gasteiger partial charge in [0.2, 0.25) is 0 Å². The molecule has 0 bridgehead atoms. The zero-order valence-corrected chi connectivity index (χ0v) is 10.9. The number of carboxylic acid groups (broad SMARTS) is 1. The Kier molecular flexibility index (Phi) is 3.80. The van der Waals surface area contributed by atoms with Gasteiger partial charge in [-0.3, -0.25) is 4.98 Å². The van der Waals surface area contributed by atoms with E-state index in [9.17, 15) is 4.79 Å². The van der Waals surface area contributed by atoms with Crippen molar-refractivity contribution >= 4 is 5.97 Å². The van der Waals surface area contributed by atoms with Gasteiger partial charge in [-0.15, -0.1) is 0 Å². The summed E-state index contributed by atoms with van der Waals surface area (Å²) in [6.07, 6.45) is 1.76. The minimum atomic E-state index is -0.957. The summed E-state index contributed by atoms with van der Waals surface area (Å²) in [5, 5.41) is 8.95. The van der Waals surface area contributed by atoms with E-state index in [1.165, 1.54) is 0 Å². The van der Waals surface area contributed by atoms with Crippen molar-refractivity contribution in [2.45, 2.75) is 20.5 Å². The fourth-order valence-corrected chi connectivity index (χ4v) is 1.63. The molecule has 0 aliphatic heterocycles. The quantitative estimate of drug-likeness (QED) is 0.914. The molecule has 98 valence electrons. The number of carbonyl (C=O) groups is 1. The van der Waals surface area contributed by atoms with E-state index < -0.39 is 5.97 Å². The molecule has 1 heterocycles. The highest BCUT2D eigenvalue weighted by molar-refractivity contribution is 5.88. The molecule has 0 unspecified atom stereocenters. The molecule has 0 fully saturated rings. The first-order valence-corrected chi connectivity index (χ1v) is 5.94. The zero-order valence-electron chi connectivity index (χ0n) is 10.9. The monoisotopic (exact) mass is 257 g/mol. The molecule has 0 radical (unpaired) electrons. The molecule has 0 saturated heterocycles. The molecular formula is C15H15NO3. The Morgan fingerprint density at radius 3 is 2.68 bits per heavy atom. The van der Waals surface area contributed by atoms with E-state index in [2.05, 4.69) is 4.98 Å². The number of hydrogen-bond donors (Lipinski definition) is 1. The van der Waals surface area contributed by atoms with E-state index in [1.807, 2.05) is 26.0 Å². The van der Waals surface area contributed by atoms with Crippen LogP contribution in [0.1, 0.15) is 27.2 Å². The first kappa shape index (κ1) is 13.1. The fraction of sp³-hybridized carbons (Fsp3) is 0.200. The SMILES string of the molecule is Cc1ccc(COc2cc(C(=O)O)ccc2C)cn1. The summed E-state index contributed by atoms with van der Waals surface area (Å²) >= 11 is 0. The molecule has 4 heteroatoms. The van der Waals surface area contributed by atoms with Crippen molar-refractivity contribution in [3.05, 3.63) is 58.9 Å². The Hall–Kier alpha value is -2.36. The highest BCUT2D eigenvalue weighted by atomic mass is 16.5. The summed E-state index contributed by atoms with van der Waals surface area (Å²) < 4.78 is 5.65. The maximum atomic E-state index is 10.9. The van der Waals surface area contributed by atoms with Crippen molar-refractivity contribution < 1.29 is 14.6 Å². The van der Waals surface area contributed by atoms with E-state index in [-0.39, 0.29) is 5.56 Å². The summed E-state index contributed by atoms with van der Waals surface area (Å²) in [4.78, 5) is 15.1. The Morgan fingerprint density at radius 1 is 1.26 bits per heavy atom. The third-order valence-corrected chi connectivity index (χ3v) is 2.80. The molecule has 0 aliphatic carbocycles. The maximum absolute atomic E-state index is 10.9. The lowest BCUT2D eigenvalue weighted by molar-refractivity contribution is 0.0696. The Balaban J connectivity index is 2.12. The highest BCUT2D eigenvalue weighted by Crippen LogP contribution is 2.20. The van der Waals surface area contributed by atoms with E-state index in [0.717, 1.165) is 16.8 Å². The first-order valence-electron chi connectivity index (χ1n) is 5.94. The molecule has 1 aromatic carbocycles. The molecular weight excluding hydrogens is 242 g/mol. The van der Waals surface area contributed by atoms with E-state index in [1.54, 1.807) is 24.4 Å². The van der Waals surface area contributed by atoms with Crippen molar-refractivity contribution in [3.8, 4) is 5.75 Å². The second kappa shape index (κ2) is 5.52. The van der Waals surface area contributed by atoms with Crippen molar-refractivity contribution in [2.75, 3.05) is 0 Å². The smallest absolute Gasteiger partial charge is 0.335 e. The molecule has 1 N–H and O–H groups in total. The lowest BCUT2D eigenvalue weighted by Gasteiger charge is -2.10. The van der Waals surface area contributed by atoms with Gasteiger partial charge < -0.3 is 9.84 Å². The number of carboxylic acids is 1. The van der Waals surface area contributed by atoms with Crippen LogP contribution in [0.2, 0.25) is 0 Å². The topological polar surface area (TPSA) is 59.4 Å². The normalized spacial score (nSPS) is 10.2. The van der Waals surface area contributed by atoms with Crippen LogP contribution >= 0.6 is 0 Å². The lowest BCUT2D eigenvalue weighted by atomic mass is 10.1. The zero-order chi connectivity index (χ0) is 13.8. The van der Waals surface area contributed by atoms with Crippen LogP contribution in [-0.4, -0.2) is 16.1 Å². The van der Waals surface area contributed by atoms with Gasteiger partial charge in [0, 0.05) is 17.5 Å². The predicted molar refractivity (Wildman–Crippen MR) is 71.4 cm³/mol. The fourth-order valence-electron chi connectivity index (χ4n) is 1.63. The number of hydrogen-bond acceptors (Lipinski definition) is 3. The summed E-state index contributed by atoms with van der Waals surface area (Å²) in [6, 6.07) is 8.71. The summed E-state index contributed by atoms with van der Waals surface area (Å²) in [5.74, 6) is -0.373. The molecule has 0 saturated carbocycles. The molecule has 0 aliphatic rings. The largest absolute Gasteiger partial charge is 0.489 e. The van der Waals surface area contributed by atoms with Gasteiger partial charge in [-0.1, -0.05) is 12.1 Å². The van der Waals surface area contributed by atoms with Crippen LogP contribution in [0.5, 0.6) is 5.75 Å². The third-order valence-electron chi connectivity index (χ3n) is 2.80. The molecule has 0 atom stereocenters. The maximum Gasteiger partial charge on any atom is 0.335 e. The minimum Gasteiger partial charge on any atom is -0.489 e. The van der Waals surface area contributed by atoms with Gasteiger partial charge in [-0.25, -0.2) is 4.79 Å². The van der Waals surface area contributed by atoms with Crippen LogP contribution < -0.4 is 4.74 Å². The number of benzene rings is 1. The minimum absolute atomic E-state index is 0.225. The van der Waals surface area contributed by atoms with Gasteiger partial charge in [0.25, 0.3) is 0 Å². The van der Waals surface area contributed by atoms with Gasteiger partial charge >= 0.3 is 5.97 Å². The predicted octanol–water partition coefficient (Wildman–Crippen LogP) is 2.98. The Bertz CT molecular complexity index is 591. The van der Waals surface area contributed by atoms with E-state index >= 15 is 0 Å². The number of aromatic nitrogens is 1. The van der Waals surface area contributed by atoms with Gasteiger partial charge in [0.1, 0.15) is 12.4 Å². The molecule has 2 rings (SSSR count). The number of aryl methyl sites for hydroxylation is 2. The number of ether oxygens (including phenoxy) is 1. The molecule has 0 spiro atoms. The van der Waals surface area contributed by atoms with Crippen LogP contribution in [0.3, 0.4) is 0 Å². The number of rotatable bonds is 4. The molecule has 4 nitrogen and oxygen atoms in total. The van der Waals surface area contributed by atoms with Gasteiger partial charge in [0.05, 0.1) is 5.56 Å². The van der Waals surface area contributed by atoms with Crippen molar-refractivity contribution in [1.29, 1.82) is 0 Å². The second-order valence-corrected chi connectivity index (χ2v) is 4.38. The van der Waals surface area contributed by atoms with Crippen molar-refractivity contribution in [1.82, 2.24) is 4.98 Å². The molecule has 19 heavy (non-hydrogen) atoms. The number of nitrogens with zero attached hydrogens (tertiary/aromatic N) is 1. The van der Waals surface area contributed by atoms with Crippen LogP contribution in [0.4, 0.5) is 0 Å². The van der Waals surface area contributed by atoms with E-state index in [0.29, 0.717) is 12.4 Å². The highest BCUT2D eigenvalue weighted by Gasteiger charge is 2.07. The number of pyridine rings is 1. The summed E-state index contributed by atoms with van der Waals surface area (Å²) in [5.41, 5.74) is 3.03. The van der Waals surface area contributed by atoms with Gasteiger partial charge in [-0.05, 0) is 37.6 Å². The third kappa shape index (κ3) is 3.31. The van der Waals surface area contributed by atoms with Gasteiger partial charge in [-0.2, -0.15) is 0 Å². The molecule has 0 amide bonds. The Labute approximate surface area is 111 Å². The molecule has 1 aromatic heterocycles. The summed E-state index contributed by atoms with van der Waals surface area (Å²) in [7, 11) is 0. The average Bonchev–Trinajstić information content (AvgIpc) is 2.39. The summed E-state index contributed by atoms with van der Waals surface area (Å²) in [6.45, 7) is 4.18. The lowest BCUT2D eigenvalue weighted by Crippen LogP contribution is -2.01. The van der Waals surface area contributed by atoms with Crippen LogP contribution in [0, 0.1) is 13.8 Å². The van der Waals surface area contributed by atoms with Gasteiger partial charge in [0.15, 0.2) is 0 Å². The Morgan fingerprint density at radius 2 is 2.05 bits per heavy atom. The van der Waals surface area contributed by atoms with Crippen molar-refractivity contribution in [3.63, 3.8) is 0 Å². The standard InChI is InChI=1S/C15H15NO3/c1-10-3-6-13(15(17)18)7-14(10)19-9-12-5-4-11(2)16-8-12/h3-8H,9H2,1-2H3,(H,17,18). The van der Waals surface area contributed by atoms with Crippen LogP contribution in [-0.2, 0) is 6.61 Å². The van der Waals surface area contributed by atoms with E-state index in [4.69, 9.17) is 9.84 Å².